The first-order chi connectivity index (χ1) is 25.8. The average molecular weight is 663 g/mol. The predicted molar refractivity (Wildman–Crippen MR) is 221 cm³/mol. The van der Waals surface area contributed by atoms with Crippen molar-refractivity contribution in [2.75, 3.05) is 4.90 Å². The van der Waals surface area contributed by atoms with Crippen molar-refractivity contribution in [1.29, 1.82) is 0 Å². The monoisotopic (exact) mass is 662 g/mol. The summed E-state index contributed by atoms with van der Waals surface area (Å²) in [6.07, 6.45) is 0. The highest BCUT2D eigenvalue weighted by molar-refractivity contribution is 6.22. The van der Waals surface area contributed by atoms with E-state index in [0.29, 0.717) is 0 Å². The van der Waals surface area contributed by atoms with Gasteiger partial charge in [-0.1, -0.05) is 158 Å². The number of anilines is 3. The van der Waals surface area contributed by atoms with E-state index in [-0.39, 0.29) is 0 Å². The third kappa shape index (κ3) is 4.96. The van der Waals surface area contributed by atoms with Gasteiger partial charge < -0.3 is 9.30 Å². The van der Waals surface area contributed by atoms with Crippen LogP contribution in [0, 0.1) is 0 Å². The number of fused-ring (bicyclic) bond motifs is 8. The second-order valence-electron chi connectivity index (χ2n) is 13.4. The van der Waals surface area contributed by atoms with Crippen LogP contribution in [0.5, 0.6) is 0 Å². The van der Waals surface area contributed by atoms with Crippen molar-refractivity contribution >= 4 is 55.2 Å². The average Bonchev–Trinajstić information content (AvgIpc) is 3.58. The van der Waals surface area contributed by atoms with Gasteiger partial charge in [-0.25, -0.2) is 0 Å². The molecular weight excluding hydrogens is 629 g/mol. The molecule has 10 rings (SSSR count). The lowest BCUT2D eigenvalue weighted by Gasteiger charge is -2.25. The Balaban J connectivity index is 1.07. The standard InChI is InChI=1S/C50H34N2/c1-4-14-38(15-5-1)49-46-33-30-39(34-48(46)52-47-23-13-12-21-44(47)43-20-10-11-22-45(43)50(49)52)37-26-24-35(25-27-37)36-28-31-42(32-29-36)51(40-16-6-2-7-17-40)41-18-8-3-9-19-41/h1-34H. The Morgan fingerprint density at radius 1 is 0.288 bits per heavy atom. The molecule has 52 heavy (non-hydrogen) atoms. The number of rotatable bonds is 6. The molecule has 0 radical (unpaired) electrons. The number of para-hydroxylation sites is 3. The lowest BCUT2D eigenvalue weighted by atomic mass is 9.97. The van der Waals surface area contributed by atoms with E-state index < -0.39 is 0 Å². The largest absolute Gasteiger partial charge is 0.311 e. The molecule has 0 unspecified atom stereocenters. The molecule has 2 nitrogen and oxygen atoms in total. The fourth-order valence-electron chi connectivity index (χ4n) is 7.95. The quantitative estimate of drug-likeness (QED) is 0.161. The van der Waals surface area contributed by atoms with Crippen LogP contribution in [-0.4, -0.2) is 4.40 Å². The minimum absolute atomic E-state index is 1.13. The van der Waals surface area contributed by atoms with E-state index in [1.165, 1.54) is 71.5 Å². The van der Waals surface area contributed by atoms with Gasteiger partial charge in [-0.2, -0.15) is 0 Å². The maximum Gasteiger partial charge on any atom is 0.0625 e. The fraction of sp³-hybridized carbons (Fsp3) is 0. The molecule has 0 bridgehead atoms. The summed E-state index contributed by atoms with van der Waals surface area (Å²) in [6.45, 7) is 0. The normalized spacial score (nSPS) is 11.5. The van der Waals surface area contributed by atoms with Crippen LogP contribution in [0.4, 0.5) is 17.1 Å². The van der Waals surface area contributed by atoms with Crippen molar-refractivity contribution in [3.63, 3.8) is 0 Å². The van der Waals surface area contributed by atoms with Crippen molar-refractivity contribution < 1.29 is 0 Å². The summed E-state index contributed by atoms with van der Waals surface area (Å²) in [5.74, 6) is 0. The summed E-state index contributed by atoms with van der Waals surface area (Å²) in [7, 11) is 0. The molecular formula is C50H34N2. The van der Waals surface area contributed by atoms with Crippen LogP contribution >= 0.6 is 0 Å². The zero-order valence-electron chi connectivity index (χ0n) is 28.5. The van der Waals surface area contributed by atoms with Gasteiger partial charge >= 0.3 is 0 Å². The molecule has 0 amide bonds. The van der Waals surface area contributed by atoms with Gasteiger partial charge in [0.15, 0.2) is 0 Å². The Bertz CT molecular complexity index is 2820. The maximum absolute atomic E-state index is 2.49. The van der Waals surface area contributed by atoms with Crippen molar-refractivity contribution in [1.82, 2.24) is 4.40 Å². The summed E-state index contributed by atoms with van der Waals surface area (Å²) in [5, 5.41) is 5.07. The van der Waals surface area contributed by atoms with Crippen LogP contribution < -0.4 is 4.90 Å². The SMILES string of the molecule is c1ccc(-c2c3ccc(-c4ccc(-c5ccc(N(c6ccccc6)c6ccccc6)cc5)cc4)cc3n3c4ccccc4c4ccccc4c23)cc1. The van der Waals surface area contributed by atoms with Gasteiger partial charge in [-0.05, 0) is 81.7 Å². The van der Waals surface area contributed by atoms with E-state index in [4.69, 9.17) is 0 Å². The number of hydrogen-bond acceptors (Lipinski definition) is 1. The van der Waals surface area contributed by atoms with Crippen LogP contribution in [0.15, 0.2) is 206 Å². The molecule has 2 aromatic heterocycles. The highest BCUT2D eigenvalue weighted by Gasteiger charge is 2.20. The molecule has 0 saturated carbocycles. The molecule has 0 spiro atoms. The molecule has 0 aliphatic heterocycles. The molecule has 0 fully saturated rings. The van der Waals surface area contributed by atoms with Gasteiger partial charge in [0.2, 0.25) is 0 Å². The van der Waals surface area contributed by atoms with Crippen molar-refractivity contribution in [2.45, 2.75) is 0 Å². The molecule has 0 saturated heterocycles. The van der Waals surface area contributed by atoms with Gasteiger partial charge in [-0.15, -0.1) is 0 Å². The number of pyridine rings is 1. The fourth-order valence-corrected chi connectivity index (χ4v) is 7.95. The second-order valence-corrected chi connectivity index (χ2v) is 13.4. The Kier molecular flexibility index (Phi) is 7.18. The van der Waals surface area contributed by atoms with Crippen LogP contribution in [-0.2, 0) is 0 Å². The molecule has 0 aliphatic rings. The van der Waals surface area contributed by atoms with Crippen molar-refractivity contribution in [3.8, 4) is 33.4 Å². The van der Waals surface area contributed by atoms with Crippen LogP contribution in [0.2, 0.25) is 0 Å². The summed E-state index contributed by atoms with van der Waals surface area (Å²) in [5.41, 5.74) is 14.4. The zero-order chi connectivity index (χ0) is 34.4. The van der Waals surface area contributed by atoms with E-state index in [0.717, 1.165) is 17.1 Å². The van der Waals surface area contributed by atoms with Crippen molar-refractivity contribution in [2.24, 2.45) is 0 Å². The highest BCUT2D eigenvalue weighted by Crippen LogP contribution is 2.43. The van der Waals surface area contributed by atoms with E-state index in [9.17, 15) is 0 Å². The predicted octanol–water partition coefficient (Wildman–Crippen LogP) is 13.9. The first-order valence-electron chi connectivity index (χ1n) is 17.9. The van der Waals surface area contributed by atoms with Crippen LogP contribution in [0.1, 0.15) is 0 Å². The molecule has 2 heterocycles. The van der Waals surface area contributed by atoms with Crippen LogP contribution in [0.25, 0.3) is 71.5 Å². The third-order valence-electron chi connectivity index (χ3n) is 10.4. The third-order valence-corrected chi connectivity index (χ3v) is 10.4. The van der Waals surface area contributed by atoms with Gasteiger partial charge in [0.25, 0.3) is 0 Å². The molecule has 2 heteroatoms. The summed E-state index contributed by atoms with van der Waals surface area (Å²) in [4.78, 5) is 2.30. The number of hydrogen-bond donors (Lipinski definition) is 0. The number of aromatic nitrogens is 1. The first-order valence-corrected chi connectivity index (χ1v) is 17.9. The summed E-state index contributed by atoms with van der Waals surface area (Å²) < 4.78 is 2.49. The highest BCUT2D eigenvalue weighted by atomic mass is 15.1. The van der Waals surface area contributed by atoms with E-state index >= 15 is 0 Å². The van der Waals surface area contributed by atoms with E-state index in [1.807, 2.05) is 0 Å². The Morgan fingerprint density at radius 2 is 0.750 bits per heavy atom. The molecule has 0 atom stereocenters. The van der Waals surface area contributed by atoms with Crippen molar-refractivity contribution in [3.05, 3.63) is 206 Å². The lowest BCUT2D eigenvalue weighted by Crippen LogP contribution is -2.09. The van der Waals surface area contributed by atoms with E-state index in [1.54, 1.807) is 0 Å². The molecule has 10 aromatic rings. The molecule has 244 valence electrons. The van der Waals surface area contributed by atoms with Crippen LogP contribution in [0.3, 0.4) is 0 Å². The maximum atomic E-state index is 2.49. The summed E-state index contributed by atoms with van der Waals surface area (Å²) in [6, 6.07) is 74.4. The summed E-state index contributed by atoms with van der Waals surface area (Å²) >= 11 is 0. The molecule has 0 aliphatic carbocycles. The topological polar surface area (TPSA) is 7.65 Å². The lowest BCUT2D eigenvalue weighted by molar-refractivity contribution is 1.28. The smallest absolute Gasteiger partial charge is 0.0625 e. The minimum atomic E-state index is 1.13. The van der Waals surface area contributed by atoms with E-state index in [2.05, 4.69) is 216 Å². The molecule has 8 aromatic carbocycles. The number of benzene rings is 8. The Hall–Kier alpha value is -6.90. The second kappa shape index (κ2) is 12.5. The zero-order valence-corrected chi connectivity index (χ0v) is 28.5. The Morgan fingerprint density at radius 3 is 1.38 bits per heavy atom. The Labute approximate surface area is 303 Å². The number of nitrogens with zero attached hydrogens (tertiary/aromatic N) is 2. The van der Waals surface area contributed by atoms with Gasteiger partial charge in [0, 0.05) is 38.8 Å². The first kappa shape index (κ1) is 30.0. The minimum Gasteiger partial charge on any atom is -0.311 e. The van der Waals surface area contributed by atoms with Gasteiger partial charge in [0.1, 0.15) is 0 Å². The van der Waals surface area contributed by atoms with Gasteiger partial charge in [0.05, 0.1) is 16.6 Å². The molecule has 0 N–H and O–H groups in total. The van der Waals surface area contributed by atoms with Gasteiger partial charge in [-0.3, -0.25) is 0 Å².